The molecule has 1 rings (SSSR count). The first-order chi connectivity index (χ1) is 9.73. The van der Waals surface area contributed by atoms with E-state index < -0.39 is 5.60 Å². The maximum absolute atomic E-state index is 10.1. The molecule has 0 aliphatic carbocycles. The normalized spacial score (nSPS) is 12.0. The number of likely N-dealkylation sites (N-methyl/N-ethyl adjacent to an activating group) is 1. The molecule has 0 saturated heterocycles. The summed E-state index contributed by atoms with van der Waals surface area (Å²) in [6, 6.07) is 6.36. The van der Waals surface area contributed by atoms with E-state index in [2.05, 4.69) is 65.1 Å². The molecule has 2 N–H and O–H groups in total. The second kappa shape index (κ2) is 8.16. The molecule has 0 spiro atoms. The first-order valence-electron chi connectivity index (χ1n) is 7.69. The van der Waals surface area contributed by atoms with Crippen molar-refractivity contribution in [3.8, 4) is 0 Å². The van der Waals surface area contributed by atoms with Crippen LogP contribution in [0.3, 0.4) is 0 Å². The number of nitrogens with zero attached hydrogens (tertiary/aromatic N) is 1. The van der Waals surface area contributed by atoms with Crippen LogP contribution in [0.4, 0.5) is 5.69 Å². The fourth-order valence-electron chi connectivity index (χ4n) is 2.33. The van der Waals surface area contributed by atoms with Gasteiger partial charge in [0.2, 0.25) is 0 Å². The molecule has 0 bridgehead atoms. The van der Waals surface area contributed by atoms with Gasteiger partial charge in [-0.3, -0.25) is 0 Å². The summed E-state index contributed by atoms with van der Waals surface area (Å²) in [6.07, 6.45) is 0. The average molecular weight is 357 g/mol. The lowest BCUT2D eigenvalue weighted by Gasteiger charge is -2.31. The highest BCUT2D eigenvalue weighted by Crippen LogP contribution is 2.26. The molecule has 0 aliphatic rings. The lowest BCUT2D eigenvalue weighted by Crippen LogP contribution is -2.39. The molecule has 0 saturated carbocycles. The van der Waals surface area contributed by atoms with E-state index in [1.807, 2.05) is 13.8 Å². The molecule has 1 aromatic rings. The van der Waals surface area contributed by atoms with Crippen molar-refractivity contribution in [2.45, 2.75) is 46.8 Å². The smallest absolute Gasteiger partial charge is 0.0765 e. The first-order valence-corrected chi connectivity index (χ1v) is 8.48. The lowest BCUT2D eigenvalue weighted by molar-refractivity contribution is 0.0875. The number of nitrogens with one attached hydrogen (secondary N) is 1. The van der Waals surface area contributed by atoms with Crippen molar-refractivity contribution < 1.29 is 5.11 Å². The van der Waals surface area contributed by atoms with E-state index in [-0.39, 0.29) is 0 Å². The topological polar surface area (TPSA) is 35.5 Å². The van der Waals surface area contributed by atoms with E-state index in [1.165, 1.54) is 11.3 Å². The minimum Gasteiger partial charge on any atom is -0.389 e. The Morgan fingerprint density at radius 1 is 1.33 bits per heavy atom. The molecule has 120 valence electrons. The fourth-order valence-corrected chi connectivity index (χ4v) is 2.74. The van der Waals surface area contributed by atoms with Crippen molar-refractivity contribution in [1.82, 2.24) is 5.32 Å². The van der Waals surface area contributed by atoms with Crippen LogP contribution in [0.15, 0.2) is 22.7 Å². The van der Waals surface area contributed by atoms with Gasteiger partial charge in [-0.1, -0.05) is 29.8 Å². The van der Waals surface area contributed by atoms with Gasteiger partial charge >= 0.3 is 0 Å². The van der Waals surface area contributed by atoms with Crippen molar-refractivity contribution in [2.75, 3.05) is 24.5 Å². The predicted octanol–water partition coefficient (Wildman–Crippen LogP) is 3.79. The van der Waals surface area contributed by atoms with Crippen molar-refractivity contribution in [3.63, 3.8) is 0 Å². The molecule has 1 aromatic carbocycles. The van der Waals surface area contributed by atoms with Crippen LogP contribution in [-0.4, -0.2) is 30.3 Å². The molecule has 0 aliphatic heterocycles. The highest BCUT2D eigenvalue weighted by atomic mass is 79.9. The number of halogens is 1. The van der Waals surface area contributed by atoms with Crippen LogP contribution in [-0.2, 0) is 6.54 Å². The van der Waals surface area contributed by atoms with E-state index in [9.17, 15) is 5.11 Å². The van der Waals surface area contributed by atoms with E-state index in [4.69, 9.17) is 0 Å². The number of rotatable bonds is 8. The number of benzene rings is 1. The Morgan fingerprint density at radius 3 is 2.52 bits per heavy atom. The van der Waals surface area contributed by atoms with Gasteiger partial charge in [0.15, 0.2) is 0 Å². The second-order valence-electron chi connectivity index (χ2n) is 6.62. The quantitative estimate of drug-likeness (QED) is 0.743. The number of anilines is 1. The van der Waals surface area contributed by atoms with Crippen LogP contribution in [0.25, 0.3) is 0 Å². The first kappa shape index (κ1) is 18.5. The summed E-state index contributed by atoms with van der Waals surface area (Å²) in [5, 5.41) is 13.6. The van der Waals surface area contributed by atoms with Gasteiger partial charge in [-0.05, 0) is 57.0 Å². The number of hydrogen-bond donors (Lipinski definition) is 2. The third-order valence-electron chi connectivity index (χ3n) is 3.21. The Labute approximate surface area is 137 Å². The van der Waals surface area contributed by atoms with Crippen molar-refractivity contribution >= 4 is 21.6 Å². The van der Waals surface area contributed by atoms with Gasteiger partial charge in [0.1, 0.15) is 0 Å². The molecule has 0 atom stereocenters. The largest absolute Gasteiger partial charge is 0.389 e. The highest BCUT2D eigenvalue weighted by molar-refractivity contribution is 9.10. The molecule has 0 amide bonds. The maximum Gasteiger partial charge on any atom is 0.0765 e. The average Bonchev–Trinajstić information content (AvgIpc) is 2.35. The van der Waals surface area contributed by atoms with Crippen LogP contribution in [0, 0.1) is 5.92 Å². The van der Waals surface area contributed by atoms with Gasteiger partial charge < -0.3 is 15.3 Å². The van der Waals surface area contributed by atoms with Crippen molar-refractivity contribution in [3.05, 3.63) is 28.2 Å². The van der Waals surface area contributed by atoms with Gasteiger partial charge in [0.25, 0.3) is 0 Å². The summed E-state index contributed by atoms with van der Waals surface area (Å²) in [7, 11) is 0. The second-order valence-corrected chi connectivity index (χ2v) is 7.54. The molecular weight excluding hydrogens is 328 g/mol. The Morgan fingerprint density at radius 2 is 2.00 bits per heavy atom. The van der Waals surface area contributed by atoms with Gasteiger partial charge in [-0.2, -0.15) is 0 Å². The maximum atomic E-state index is 10.1. The van der Waals surface area contributed by atoms with Crippen molar-refractivity contribution in [2.24, 2.45) is 5.92 Å². The standard InChI is InChI=1S/C17H29BrN2O/c1-6-20(12-17(4,5)21)16-8-7-15(18)9-14(16)11-19-10-13(2)3/h7-9,13,19,21H,6,10-12H2,1-5H3. The van der Waals surface area contributed by atoms with E-state index >= 15 is 0 Å². The molecule has 3 nitrogen and oxygen atoms in total. The number of hydrogen-bond acceptors (Lipinski definition) is 3. The van der Waals surface area contributed by atoms with Crippen LogP contribution >= 0.6 is 15.9 Å². The highest BCUT2D eigenvalue weighted by Gasteiger charge is 2.19. The molecule has 0 aromatic heterocycles. The van der Waals surface area contributed by atoms with Crippen LogP contribution in [0.2, 0.25) is 0 Å². The lowest BCUT2D eigenvalue weighted by atomic mass is 10.1. The van der Waals surface area contributed by atoms with Gasteiger partial charge in [-0.15, -0.1) is 0 Å². The molecule has 0 unspecified atom stereocenters. The SMILES string of the molecule is CCN(CC(C)(C)O)c1ccc(Br)cc1CNCC(C)C. The van der Waals surface area contributed by atoms with E-state index in [0.29, 0.717) is 12.5 Å². The third kappa shape index (κ3) is 6.81. The third-order valence-corrected chi connectivity index (χ3v) is 3.70. The number of aliphatic hydroxyl groups is 1. The molecule has 21 heavy (non-hydrogen) atoms. The summed E-state index contributed by atoms with van der Waals surface area (Å²) in [4.78, 5) is 2.23. The fraction of sp³-hybridized carbons (Fsp3) is 0.647. The summed E-state index contributed by atoms with van der Waals surface area (Å²) < 4.78 is 1.09. The summed E-state index contributed by atoms with van der Waals surface area (Å²) in [5.74, 6) is 0.638. The Kier molecular flexibility index (Phi) is 7.17. The Balaban J connectivity index is 2.93. The molecule has 4 heteroatoms. The van der Waals surface area contributed by atoms with Gasteiger partial charge in [-0.25, -0.2) is 0 Å². The molecule has 0 fully saturated rings. The minimum absolute atomic E-state index is 0.627. The molecule has 0 radical (unpaired) electrons. The predicted molar refractivity (Wildman–Crippen MR) is 94.9 cm³/mol. The Bertz CT molecular complexity index is 441. The summed E-state index contributed by atoms with van der Waals surface area (Å²) in [5.41, 5.74) is 1.75. The monoisotopic (exact) mass is 356 g/mol. The van der Waals surface area contributed by atoms with Crippen LogP contribution < -0.4 is 10.2 Å². The Hall–Kier alpha value is -0.580. The van der Waals surface area contributed by atoms with Crippen LogP contribution in [0.5, 0.6) is 0 Å². The van der Waals surface area contributed by atoms with E-state index in [1.54, 1.807) is 0 Å². The van der Waals surface area contributed by atoms with Crippen molar-refractivity contribution in [1.29, 1.82) is 0 Å². The summed E-state index contributed by atoms with van der Waals surface area (Å²) in [6.45, 7) is 13.6. The van der Waals surface area contributed by atoms with Crippen LogP contribution in [0.1, 0.15) is 40.2 Å². The molecular formula is C17H29BrN2O. The van der Waals surface area contributed by atoms with E-state index in [0.717, 1.165) is 24.1 Å². The van der Waals surface area contributed by atoms with Gasteiger partial charge in [0, 0.05) is 29.8 Å². The zero-order valence-corrected chi connectivity index (χ0v) is 15.5. The zero-order chi connectivity index (χ0) is 16.0. The van der Waals surface area contributed by atoms with Gasteiger partial charge in [0.05, 0.1) is 5.60 Å². The molecule has 0 heterocycles. The minimum atomic E-state index is -0.703. The summed E-state index contributed by atoms with van der Waals surface area (Å²) >= 11 is 3.55. The zero-order valence-electron chi connectivity index (χ0n) is 13.9.